The van der Waals surface area contributed by atoms with Crippen LogP contribution in [0.1, 0.15) is 22.3 Å². The Morgan fingerprint density at radius 1 is 0.400 bits per heavy atom. The number of rotatable bonds is 0. The van der Waals surface area contributed by atoms with Gasteiger partial charge in [0.05, 0.1) is 5.41 Å². The number of phenols is 2. The highest BCUT2D eigenvalue weighted by Crippen LogP contribution is 2.63. The summed E-state index contributed by atoms with van der Waals surface area (Å²) >= 11 is 0. The third-order valence-corrected chi connectivity index (χ3v) is 8.04. The minimum absolute atomic E-state index is 0.303. The molecule has 1 spiro atoms. The maximum absolute atomic E-state index is 10.6. The number of aromatic hydroxyl groups is 2. The van der Waals surface area contributed by atoms with E-state index in [1.807, 2.05) is 12.1 Å². The van der Waals surface area contributed by atoms with E-state index in [0.717, 1.165) is 32.7 Å². The summed E-state index contributed by atoms with van der Waals surface area (Å²) in [5, 5.41) is 25.1. The van der Waals surface area contributed by atoms with Crippen molar-refractivity contribution in [3.8, 4) is 33.8 Å². The van der Waals surface area contributed by atoms with Crippen LogP contribution >= 0.6 is 0 Å². The smallest absolute Gasteiger partial charge is 0.123 e. The van der Waals surface area contributed by atoms with Crippen molar-refractivity contribution in [1.29, 1.82) is 0 Å². The summed E-state index contributed by atoms with van der Waals surface area (Å²) in [5.74, 6) is 0.606. The van der Waals surface area contributed by atoms with E-state index in [1.165, 1.54) is 33.4 Å². The Bertz CT molecular complexity index is 1740. The summed E-state index contributed by atoms with van der Waals surface area (Å²) in [5.41, 5.74) is 9.26. The van der Waals surface area contributed by atoms with Gasteiger partial charge >= 0.3 is 0 Å². The molecule has 6 aromatic carbocycles. The molecule has 0 amide bonds. The first-order chi connectivity index (χ1) is 17.2. The first kappa shape index (κ1) is 18.8. The average Bonchev–Trinajstić information content (AvgIpc) is 3.34. The second-order valence-electron chi connectivity index (χ2n) is 9.63. The zero-order valence-corrected chi connectivity index (χ0v) is 18.8. The molecule has 0 radical (unpaired) electrons. The Hall–Kier alpha value is -4.56. The van der Waals surface area contributed by atoms with Crippen LogP contribution in [0, 0.1) is 0 Å². The van der Waals surface area contributed by atoms with E-state index in [2.05, 4.69) is 84.9 Å². The van der Waals surface area contributed by atoms with Gasteiger partial charge in [-0.15, -0.1) is 0 Å². The lowest BCUT2D eigenvalue weighted by atomic mass is 9.70. The van der Waals surface area contributed by atoms with E-state index in [-0.39, 0.29) is 0 Å². The molecule has 6 aromatic rings. The van der Waals surface area contributed by atoms with Crippen molar-refractivity contribution in [2.45, 2.75) is 5.41 Å². The standard InChI is InChI=1S/C33H20O2/c34-31-13-5-7-19-15-29-25(17-23(19)31)21-9-1-3-11-27(21)33(29)28-12-4-2-10-22(28)26-18-24-20(16-30(26)33)8-6-14-32(24)35/h1-18,34-35H. The van der Waals surface area contributed by atoms with Crippen molar-refractivity contribution in [3.05, 3.63) is 131 Å². The van der Waals surface area contributed by atoms with Gasteiger partial charge in [-0.25, -0.2) is 0 Å². The Morgan fingerprint density at radius 2 is 0.857 bits per heavy atom. The van der Waals surface area contributed by atoms with Gasteiger partial charge in [0.15, 0.2) is 0 Å². The molecular weight excluding hydrogens is 428 g/mol. The quantitative estimate of drug-likeness (QED) is 0.249. The number of fused-ring (bicyclic) bond motifs is 12. The SMILES string of the molecule is Oc1cccc2cc3c(cc12)-c1ccccc1C31c2ccccc2-c2cc3c(O)cccc3cc21. The third-order valence-electron chi connectivity index (χ3n) is 8.04. The molecule has 2 nitrogen and oxygen atoms in total. The summed E-state index contributed by atoms with van der Waals surface area (Å²) < 4.78 is 0. The highest BCUT2D eigenvalue weighted by atomic mass is 16.3. The molecule has 2 heteroatoms. The van der Waals surface area contributed by atoms with E-state index < -0.39 is 5.41 Å². The lowest BCUT2D eigenvalue weighted by Gasteiger charge is -2.30. The maximum atomic E-state index is 10.6. The summed E-state index contributed by atoms with van der Waals surface area (Å²) in [6, 6.07) is 37.6. The highest BCUT2D eigenvalue weighted by Gasteiger charge is 2.51. The molecule has 0 saturated carbocycles. The summed E-state index contributed by atoms with van der Waals surface area (Å²) in [4.78, 5) is 0. The van der Waals surface area contributed by atoms with Crippen LogP contribution in [0.25, 0.3) is 43.8 Å². The van der Waals surface area contributed by atoms with Gasteiger partial charge in [0, 0.05) is 10.8 Å². The van der Waals surface area contributed by atoms with Gasteiger partial charge in [-0.3, -0.25) is 0 Å². The Kier molecular flexibility index (Phi) is 3.39. The van der Waals surface area contributed by atoms with E-state index in [9.17, 15) is 10.2 Å². The minimum atomic E-state index is -0.461. The van der Waals surface area contributed by atoms with E-state index >= 15 is 0 Å². The van der Waals surface area contributed by atoms with Crippen LogP contribution in [-0.4, -0.2) is 10.2 Å². The first-order valence-electron chi connectivity index (χ1n) is 11.9. The molecule has 0 unspecified atom stereocenters. The molecular formula is C33H20O2. The highest BCUT2D eigenvalue weighted by molar-refractivity contribution is 6.04. The van der Waals surface area contributed by atoms with Gasteiger partial charge in [0.2, 0.25) is 0 Å². The van der Waals surface area contributed by atoms with E-state index in [0.29, 0.717) is 11.5 Å². The zero-order valence-electron chi connectivity index (χ0n) is 18.8. The number of phenolic OH excluding ortho intramolecular Hbond substituents is 2. The molecule has 164 valence electrons. The summed E-state index contributed by atoms with van der Waals surface area (Å²) in [6.45, 7) is 0. The van der Waals surface area contributed by atoms with Gasteiger partial charge in [-0.2, -0.15) is 0 Å². The predicted molar refractivity (Wildman–Crippen MR) is 141 cm³/mol. The number of hydrogen-bond donors (Lipinski definition) is 2. The van der Waals surface area contributed by atoms with E-state index in [4.69, 9.17) is 0 Å². The van der Waals surface area contributed by atoms with Gasteiger partial charge in [-0.05, 0) is 91.7 Å². The number of benzene rings is 6. The number of hydrogen-bond acceptors (Lipinski definition) is 2. The van der Waals surface area contributed by atoms with Gasteiger partial charge in [0.1, 0.15) is 11.5 Å². The van der Waals surface area contributed by atoms with Crippen LogP contribution < -0.4 is 0 Å². The minimum Gasteiger partial charge on any atom is -0.507 e. The Morgan fingerprint density at radius 3 is 1.34 bits per heavy atom. The molecule has 0 saturated heterocycles. The fourth-order valence-electron chi connectivity index (χ4n) is 6.64. The van der Waals surface area contributed by atoms with Gasteiger partial charge in [-0.1, -0.05) is 72.8 Å². The van der Waals surface area contributed by atoms with Crippen LogP contribution in [0.2, 0.25) is 0 Å². The van der Waals surface area contributed by atoms with Crippen LogP contribution in [0.4, 0.5) is 0 Å². The Labute approximate surface area is 202 Å². The van der Waals surface area contributed by atoms with E-state index in [1.54, 1.807) is 12.1 Å². The van der Waals surface area contributed by atoms with Crippen molar-refractivity contribution in [3.63, 3.8) is 0 Å². The van der Waals surface area contributed by atoms with Gasteiger partial charge in [0.25, 0.3) is 0 Å². The van der Waals surface area contributed by atoms with Crippen molar-refractivity contribution < 1.29 is 10.2 Å². The molecule has 2 aliphatic carbocycles. The predicted octanol–water partition coefficient (Wildman–Crippen LogP) is 7.75. The third kappa shape index (κ3) is 2.15. The molecule has 35 heavy (non-hydrogen) atoms. The summed E-state index contributed by atoms with van der Waals surface area (Å²) in [6.07, 6.45) is 0. The lowest BCUT2D eigenvalue weighted by Crippen LogP contribution is -2.25. The Balaban J connectivity index is 1.61. The fourth-order valence-corrected chi connectivity index (χ4v) is 6.64. The largest absolute Gasteiger partial charge is 0.507 e. The maximum Gasteiger partial charge on any atom is 0.123 e. The lowest BCUT2D eigenvalue weighted by molar-refractivity contribution is 0.481. The molecule has 0 aromatic heterocycles. The molecule has 8 rings (SSSR count). The van der Waals surface area contributed by atoms with Crippen molar-refractivity contribution in [2.24, 2.45) is 0 Å². The molecule has 0 bridgehead atoms. The summed E-state index contributed by atoms with van der Waals surface area (Å²) in [7, 11) is 0. The fraction of sp³-hybridized carbons (Fsp3) is 0.0303. The molecule has 0 fully saturated rings. The average molecular weight is 449 g/mol. The second-order valence-corrected chi connectivity index (χ2v) is 9.63. The van der Waals surface area contributed by atoms with Gasteiger partial charge < -0.3 is 10.2 Å². The molecule has 2 aliphatic rings. The molecule has 0 heterocycles. The van der Waals surface area contributed by atoms with Crippen LogP contribution in [0.15, 0.2) is 109 Å². The van der Waals surface area contributed by atoms with Crippen molar-refractivity contribution >= 4 is 21.5 Å². The second kappa shape index (κ2) is 6.31. The monoisotopic (exact) mass is 448 g/mol. The molecule has 0 atom stereocenters. The van der Waals surface area contributed by atoms with Crippen LogP contribution in [-0.2, 0) is 5.41 Å². The van der Waals surface area contributed by atoms with Crippen molar-refractivity contribution in [1.82, 2.24) is 0 Å². The molecule has 2 N–H and O–H groups in total. The van der Waals surface area contributed by atoms with Crippen molar-refractivity contribution in [2.75, 3.05) is 0 Å². The first-order valence-corrected chi connectivity index (χ1v) is 11.9. The topological polar surface area (TPSA) is 40.5 Å². The molecule has 0 aliphatic heterocycles. The normalized spacial score (nSPS) is 14.2. The zero-order chi connectivity index (χ0) is 23.3. The van der Waals surface area contributed by atoms with Crippen LogP contribution in [0.3, 0.4) is 0 Å². The van der Waals surface area contributed by atoms with Crippen LogP contribution in [0.5, 0.6) is 11.5 Å².